The van der Waals surface area contributed by atoms with Crippen LogP contribution in [0.3, 0.4) is 0 Å². The van der Waals surface area contributed by atoms with Crippen LogP contribution < -0.4 is 0 Å². The predicted molar refractivity (Wildman–Crippen MR) is 113 cm³/mol. The van der Waals surface area contributed by atoms with Crippen molar-refractivity contribution >= 4 is 0 Å². The second-order valence-corrected chi connectivity index (χ2v) is 8.36. The molecule has 0 aromatic heterocycles. The lowest BCUT2D eigenvalue weighted by atomic mass is 9.94. The lowest BCUT2D eigenvalue weighted by Crippen LogP contribution is -2.35. The number of hydrogen-bond donors (Lipinski definition) is 0. The fourth-order valence-corrected chi connectivity index (χ4v) is 4.14. The van der Waals surface area contributed by atoms with Gasteiger partial charge in [0.05, 0.1) is 29.9 Å². The molecule has 2 atom stereocenters. The molecule has 2 nitrogen and oxygen atoms in total. The van der Waals surface area contributed by atoms with Crippen molar-refractivity contribution in [3.05, 3.63) is 58.9 Å². The van der Waals surface area contributed by atoms with E-state index >= 15 is 0 Å². The van der Waals surface area contributed by atoms with Gasteiger partial charge in [0.2, 0.25) is 0 Å². The Morgan fingerprint density at radius 1 is 0.939 bits per heavy atom. The van der Waals surface area contributed by atoms with E-state index in [1.165, 1.54) is 12.1 Å². The van der Waals surface area contributed by atoms with Crippen molar-refractivity contribution in [1.82, 2.24) is 0 Å². The number of halogens is 6. The van der Waals surface area contributed by atoms with Gasteiger partial charge in [0.1, 0.15) is 5.82 Å². The van der Waals surface area contributed by atoms with Crippen molar-refractivity contribution in [2.45, 2.75) is 76.9 Å². The second kappa shape index (κ2) is 10.5. The van der Waals surface area contributed by atoms with E-state index in [1.807, 2.05) is 6.92 Å². The second-order valence-electron chi connectivity index (χ2n) is 8.36. The number of aryl methyl sites for hydroxylation is 1. The van der Waals surface area contributed by atoms with Gasteiger partial charge in [-0.25, -0.2) is 4.39 Å². The zero-order valence-corrected chi connectivity index (χ0v) is 18.7. The Hall–Kier alpha value is -2.06. The maximum atomic E-state index is 14.7. The van der Waals surface area contributed by atoms with Crippen LogP contribution in [0.5, 0.6) is 0 Å². The number of benzene rings is 2. The third kappa shape index (κ3) is 6.09. The van der Waals surface area contributed by atoms with Gasteiger partial charge in [-0.15, -0.1) is 0 Å². The summed E-state index contributed by atoms with van der Waals surface area (Å²) in [5, 5.41) is 0. The predicted octanol–water partition coefficient (Wildman–Crippen LogP) is 7.88. The van der Waals surface area contributed by atoms with E-state index in [9.17, 15) is 26.3 Å². The Bertz CT molecular complexity index is 916. The van der Waals surface area contributed by atoms with Gasteiger partial charge in [-0.05, 0) is 54.5 Å². The third-order valence-electron chi connectivity index (χ3n) is 5.81. The van der Waals surface area contributed by atoms with Crippen molar-refractivity contribution in [1.29, 1.82) is 0 Å². The molecule has 3 rings (SSSR count). The Balaban J connectivity index is 1.80. The minimum absolute atomic E-state index is 0.00719. The topological polar surface area (TPSA) is 18.5 Å². The Morgan fingerprint density at radius 3 is 2.18 bits per heavy atom. The number of alkyl halides is 5. The Morgan fingerprint density at radius 2 is 1.64 bits per heavy atom. The zero-order valence-electron chi connectivity index (χ0n) is 18.7. The molecule has 1 aliphatic rings. The van der Waals surface area contributed by atoms with Gasteiger partial charge in [0.25, 0.3) is 0 Å². The smallest absolute Gasteiger partial charge is 0.376 e. The van der Waals surface area contributed by atoms with Gasteiger partial charge in [0, 0.05) is 0 Å². The lowest BCUT2D eigenvalue weighted by Gasteiger charge is -2.31. The van der Waals surface area contributed by atoms with Crippen LogP contribution in [0, 0.1) is 5.82 Å². The zero-order chi connectivity index (χ0) is 24.2. The van der Waals surface area contributed by atoms with Crippen LogP contribution in [0.4, 0.5) is 26.3 Å². The van der Waals surface area contributed by atoms with E-state index < -0.39 is 40.9 Å². The first-order chi connectivity index (χ1) is 15.6. The molecule has 0 aliphatic carbocycles. The summed E-state index contributed by atoms with van der Waals surface area (Å²) in [4.78, 5) is 0. The summed E-state index contributed by atoms with van der Waals surface area (Å²) in [6, 6.07) is 6.78. The Kier molecular flexibility index (Phi) is 8.11. The van der Waals surface area contributed by atoms with Crippen LogP contribution in [0.1, 0.15) is 62.6 Å². The van der Waals surface area contributed by atoms with Gasteiger partial charge in [-0.1, -0.05) is 51.0 Å². The highest BCUT2D eigenvalue weighted by molar-refractivity contribution is 5.69. The van der Waals surface area contributed by atoms with E-state index in [1.54, 1.807) is 6.92 Å². The molecule has 0 N–H and O–H groups in total. The largest absolute Gasteiger partial charge is 0.419 e. The lowest BCUT2D eigenvalue weighted by molar-refractivity contribution is -0.288. The maximum Gasteiger partial charge on any atom is 0.419 e. The normalized spacial score (nSPS) is 19.6. The molecular formula is C25H28F6O2. The van der Waals surface area contributed by atoms with Gasteiger partial charge in [-0.2, -0.15) is 22.0 Å². The molecule has 1 aliphatic heterocycles. The standard InChI is InChI=1S/C25H28F6O2/c1-3-5-17-9-14-21(22(23(17)26)24(27,28)29)16-7-10-18(11-8-16)25(30,31)33-20-13-12-19(6-4-2)32-15-20/h7-11,14,19-20H,3-6,12-13,15H2,1-2H3. The summed E-state index contributed by atoms with van der Waals surface area (Å²) in [5.41, 5.74) is -2.30. The van der Waals surface area contributed by atoms with Crippen molar-refractivity contribution in [3.8, 4) is 11.1 Å². The van der Waals surface area contributed by atoms with Crippen LogP contribution in [-0.2, 0) is 28.2 Å². The SMILES string of the molecule is CCCc1ccc(-c2ccc(C(F)(F)OC3CCC(CCC)OC3)cc2)c(C(F)(F)F)c1F. The minimum Gasteiger partial charge on any atom is -0.376 e. The number of hydrogen-bond acceptors (Lipinski definition) is 2. The van der Waals surface area contributed by atoms with Crippen molar-refractivity contribution in [3.63, 3.8) is 0 Å². The summed E-state index contributed by atoms with van der Waals surface area (Å²) in [7, 11) is 0. The van der Waals surface area contributed by atoms with Crippen LogP contribution in [0.2, 0.25) is 0 Å². The molecule has 1 heterocycles. The molecule has 2 aromatic rings. The highest BCUT2D eigenvalue weighted by Gasteiger charge is 2.40. The van der Waals surface area contributed by atoms with Crippen molar-refractivity contribution < 1.29 is 35.8 Å². The molecule has 2 unspecified atom stereocenters. The van der Waals surface area contributed by atoms with Crippen LogP contribution in [0.25, 0.3) is 11.1 Å². The molecule has 0 bridgehead atoms. The maximum absolute atomic E-state index is 14.7. The van der Waals surface area contributed by atoms with Crippen LogP contribution in [-0.4, -0.2) is 18.8 Å². The van der Waals surface area contributed by atoms with Crippen molar-refractivity contribution in [2.24, 2.45) is 0 Å². The number of rotatable bonds is 8. The average molecular weight is 474 g/mol. The van der Waals surface area contributed by atoms with E-state index in [0.29, 0.717) is 19.3 Å². The third-order valence-corrected chi connectivity index (χ3v) is 5.81. The van der Waals surface area contributed by atoms with Gasteiger partial charge in [0.15, 0.2) is 0 Å². The fraction of sp³-hybridized carbons (Fsp3) is 0.520. The van der Waals surface area contributed by atoms with E-state index in [0.717, 1.165) is 37.1 Å². The first-order valence-electron chi connectivity index (χ1n) is 11.2. The first-order valence-corrected chi connectivity index (χ1v) is 11.2. The molecular weight excluding hydrogens is 446 g/mol. The summed E-state index contributed by atoms with van der Waals surface area (Å²) < 4.78 is 95.4. The van der Waals surface area contributed by atoms with Crippen LogP contribution in [0.15, 0.2) is 36.4 Å². The fourth-order valence-electron chi connectivity index (χ4n) is 4.14. The van der Waals surface area contributed by atoms with Gasteiger partial charge >= 0.3 is 12.3 Å². The highest BCUT2D eigenvalue weighted by Crippen LogP contribution is 2.41. The molecule has 1 saturated heterocycles. The minimum atomic E-state index is -4.93. The van der Waals surface area contributed by atoms with Gasteiger partial charge < -0.3 is 9.47 Å². The quantitative estimate of drug-likeness (QED) is 0.362. The summed E-state index contributed by atoms with van der Waals surface area (Å²) in [6.45, 7) is 3.83. The average Bonchev–Trinajstić information content (AvgIpc) is 2.76. The molecule has 182 valence electrons. The van der Waals surface area contributed by atoms with Crippen molar-refractivity contribution in [2.75, 3.05) is 6.61 Å². The molecule has 0 spiro atoms. The highest BCUT2D eigenvalue weighted by atomic mass is 19.4. The molecule has 0 saturated carbocycles. The Labute approximate surface area is 189 Å². The first kappa shape index (κ1) is 25.6. The molecule has 33 heavy (non-hydrogen) atoms. The van der Waals surface area contributed by atoms with Crippen LogP contribution >= 0.6 is 0 Å². The van der Waals surface area contributed by atoms with E-state index in [-0.39, 0.29) is 30.3 Å². The van der Waals surface area contributed by atoms with E-state index in [2.05, 4.69) is 0 Å². The summed E-state index contributed by atoms with van der Waals surface area (Å²) in [5.74, 6) is -1.32. The molecule has 1 fully saturated rings. The molecule has 0 amide bonds. The molecule has 0 radical (unpaired) electrons. The van der Waals surface area contributed by atoms with E-state index in [4.69, 9.17) is 9.47 Å². The summed E-state index contributed by atoms with van der Waals surface area (Å²) >= 11 is 0. The number of ether oxygens (including phenoxy) is 2. The monoisotopic (exact) mass is 474 g/mol. The van der Waals surface area contributed by atoms with Gasteiger partial charge in [-0.3, -0.25) is 0 Å². The summed E-state index contributed by atoms with van der Waals surface area (Å²) in [6.07, 6.45) is -5.74. The molecule has 2 aromatic carbocycles. The molecule has 8 heteroatoms.